The Morgan fingerprint density at radius 1 is 0.746 bits per heavy atom. The highest BCUT2D eigenvalue weighted by Crippen LogP contribution is 2.44. The molecule has 3 saturated heterocycles. The van der Waals surface area contributed by atoms with Gasteiger partial charge in [0.25, 0.3) is 0 Å². The summed E-state index contributed by atoms with van der Waals surface area (Å²) >= 11 is 0. The van der Waals surface area contributed by atoms with Crippen LogP contribution in [0.5, 0.6) is 5.75 Å². The van der Waals surface area contributed by atoms with Gasteiger partial charge in [-0.1, -0.05) is 44.2 Å². The lowest BCUT2D eigenvalue weighted by Gasteiger charge is -2.34. The summed E-state index contributed by atoms with van der Waals surface area (Å²) in [4.78, 5) is 72.2. The number of carbonyl (C=O) groups excluding carboxylic acids is 4. The van der Waals surface area contributed by atoms with Crippen molar-refractivity contribution in [3.8, 4) is 39.4 Å². The summed E-state index contributed by atoms with van der Waals surface area (Å²) in [6.45, 7) is 6.48. The van der Waals surface area contributed by atoms with Crippen LogP contribution >= 0.6 is 0 Å². The first-order valence-corrected chi connectivity index (χ1v) is 21.9. The molecular weight excluding hydrogens is 805 g/mol. The molecule has 4 aliphatic heterocycles. The van der Waals surface area contributed by atoms with Gasteiger partial charge in [-0.05, 0) is 90.6 Å². The fourth-order valence-corrected chi connectivity index (χ4v) is 9.74. The number of aromatic nitrogens is 4. The number of methoxy groups -OCH3 is 2. The lowest BCUT2D eigenvalue weighted by molar-refractivity contribution is -0.137. The van der Waals surface area contributed by atoms with E-state index in [1.165, 1.54) is 14.2 Å². The summed E-state index contributed by atoms with van der Waals surface area (Å²) in [5.74, 6) is 1.85. The highest BCUT2D eigenvalue weighted by molar-refractivity contribution is 5.98. The highest BCUT2D eigenvalue weighted by atomic mass is 16.5. The number of nitrogens with zero attached hydrogens (tertiary/aromatic N) is 4. The third-order valence-electron chi connectivity index (χ3n) is 13.1. The molecule has 0 saturated carbocycles. The number of amides is 4. The van der Waals surface area contributed by atoms with E-state index >= 15 is 0 Å². The Morgan fingerprint density at radius 3 is 2.00 bits per heavy atom. The van der Waals surface area contributed by atoms with E-state index in [2.05, 4.69) is 69.1 Å². The van der Waals surface area contributed by atoms with E-state index in [0.29, 0.717) is 51.6 Å². The second kappa shape index (κ2) is 17.8. The molecule has 0 spiro atoms. The zero-order valence-corrected chi connectivity index (χ0v) is 36.1. The quantitative estimate of drug-likeness (QED) is 0.113. The van der Waals surface area contributed by atoms with Crippen LogP contribution in [0.1, 0.15) is 81.7 Å². The van der Waals surface area contributed by atoms with Gasteiger partial charge in [-0.15, -0.1) is 0 Å². The van der Waals surface area contributed by atoms with Gasteiger partial charge in [-0.2, -0.15) is 0 Å². The van der Waals surface area contributed by atoms with Crippen LogP contribution < -0.4 is 15.4 Å². The minimum Gasteiger partial charge on any atom is -0.488 e. The lowest BCUT2D eigenvalue weighted by Crippen LogP contribution is -2.53. The van der Waals surface area contributed by atoms with E-state index in [1.54, 1.807) is 0 Å². The number of fused-ring (bicyclic) bond motifs is 5. The number of likely N-dealkylation sites (tertiary alicyclic amines) is 2. The number of nitrogens with one attached hydrogen (secondary N) is 4. The summed E-state index contributed by atoms with van der Waals surface area (Å²) < 4.78 is 21.7. The molecule has 330 valence electrons. The van der Waals surface area contributed by atoms with Crippen LogP contribution in [0.25, 0.3) is 44.4 Å². The fourth-order valence-electron chi connectivity index (χ4n) is 9.74. The molecule has 4 aliphatic rings. The zero-order chi connectivity index (χ0) is 43.8. The SMILES string of the molecule is COC(=O)N[C@H](C(=O)N1CCC[C@H]1c1ncc(-c2ccc3c4c(ccc3c2)-c2ccc(-c3cnc([C@@H]5CCCN5C(=O)[C@@H](NC(=O)OC)C5CCOCC5)[nH]3)cc2CO4)[nH]1)C(C)C. The van der Waals surface area contributed by atoms with Gasteiger partial charge in [0.15, 0.2) is 0 Å². The summed E-state index contributed by atoms with van der Waals surface area (Å²) in [7, 11) is 2.60. The van der Waals surface area contributed by atoms with Crippen LogP contribution in [0.15, 0.2) is 60.9 Å². The average molecular weight is 859 g/mol. The molecule has 3 fully saturated rings. The number of carbonyl (C=O) groups is 4. The molecule has 0 bridgehead atoms. The molecule has 3 aromatic carbocycles. The minimum atomic E-state index is -0.700. The van der Waals surface area contributed by atoms with E-state index in [-0.39, 0.29) is 35.7 Å². The monoisotopic (exact) mass is 858 g/mol. The summed E-state index contributed by atoms with van der Waals surface area (Å²) in [5, 5.41) is 7.56. The molecule has 0 radical (unpaired) electrons. The third-order valence-corrected chi connectivity index (χ3v) is 13.1. The molecule has 0 unspecified atom stereocenters. The third kappa shape index (κ3) is 8.19. The Kier molecular flexibility index (Phi) is 11.8. The molecule has 9 rings (SSSR count). The van der Waals surface area contributed by atoms with Gasteiger partial charge in [-0.3, -0.25) is 9.59 Å². The van der Waals surface area contributed by atoms with Gasteiger partial charge in [0.2, 0.25) is 11.8 Å². The van der Waals surface area contributed by atoms with Crippen molar-refractivity contribution < 1.29 is 38.1 Å². The number of alkyl carbamates (subject to hydrolysis) is 2. The first kappa shape index (κ1) is 41.9. The number of hydrogen-bond acceptors (Lipinski definition) is 10. The number of benzene rings is 3. The molecule has 63 heavy (non-hydrogen) atoms. The van der Waals surface area contributed by atoms with E-state index < -0.39 is 24.3 Å². The highest BCUT2D eigenvalue weighted by Gasteiger charge is 2.41. The van der Waals surface area contributed by atoms with Crippen LogP contribution in [0.2, 0.25) is 0 Å². The van der Waals surface area contributed by atoms with Gasteiger partial charge in [-0.25, -0.2) is 19.6 Å². The Hall–Kier alpha value is -6.42. The van der Waals surface area contributed by atoms with Crippen molar-refractivity contribution in [1.29, 1.82) is 0 Å². The molecule has 4 N–H and O–H groups in total. The van der Waals surface area contributed by atoms with Crippen molar-refractivity contribution in [1.82, 2.24) is 40.4 Å². The van der Waals surface area contributed by atoms with E-state index in [0.717, 1.165) is 87.2 Å². The fraction of sp³-hybridized carbons (Fsp3) is 0.447. The largest absolute Gasteiger partial charge is 0.488 e. The second-order valence-corrected chi connectivity index (χ2v) is 17.2. The van der Waals surface area contributed by atoms with Crippen LogP contribution in [-0.4, -0.2) is 106 Å². The van der Waals surface area contributed by atoms with Crippen molar-refractivity contribution in [3.05, 3.63) is 78.1 Å². The summed E-state index contributed by atoms with van der Waals surface area (Å²) in [6, 6.07) is 15.0. The standard InChI is InChI=1S/C47H54N8O8/c1-26(2)39(52-46(58)60-3)44(56)54-17-5-7-37(54)42-48-23-35(50-42)29-11-13-33-28(21-29)9-14-34-32-12-10-30(22-31(32)25-63-41(33)34)36-24-49-43(51-36)38-8-6-18-55(38)45(57)40(53-47(59)61-4)27-15-19-62-20-16-27/h9-14,21-24,26-27,37-40H,5-8,15-20,25H2,1-4H3,(H,48,50)(H,49,51)(H,52,58)(H,53,59)/t37-,38-,39-,40-/m0/s1. The smallest absolute Gasteiger partial charge is 0.407 e. The molecule has 16 heteroatoms. The Balaban J connectivity index is 0.906. The first-order chi connectivity index (χ1) is 30.6. The Bertz CT molecular complexity index is 2530. The van der Waals surface area contributed by atoms with Crippen molar-refractivity contribution in [2.45, 2.75) is 83.1 Å². The molecule has 0 aliphatic carbocycles. The molecule has 6 heterocycles. The van der Waals surface area contributed by atoms with Crippen LogP contribution in [0.4, 0.5) is 9.59 Å². The van der Waals surface area contributed by atoms with Crippen molar-refractivity contribution >= 4 is 34.8 Å². The predicted octanol–water partition coefficient (Wildman–Crippen LogP) is 7.04. The Labute approximate surface area is 365 Å². The van der Waals surface area contributed by atoms with Crippen molar-refractivity contribution in [2.75, 3.05) is 40.5 Å². The number of rotatable bonds is 10. The molecule has 5 aromatic rings. The number of imidazole rings is 2. The number of H-pyrrole nitrogens is 2. The van der Waals surface area contributed by atoms with Gasteiger partial charge in [0.05, 0.1) is 50.1 Å². The van der Waals surface area contributed by atoms with Crippen LogP contribution in [-0.2, 0) is 30.4 Å². The molecular formula is C47H54N8O8. The summed E-state index contributed by atoms with van der Waals surface area (Å²) in [5.41, 5.74) is 6.81. The van der Waals surface area contributed by atoms with Crippen molar-refractivity contribution in [2.24, 2.45) is 11.8 Å². The maximum atomic E-state index is 14.1. The topological polar surface area (TPSA) is 193 Å². The van der Waals surface area contributed by atoms with Crippen LogP contribution in [0.3, 0.4) is 0 Å². The molecule has 2 aromatic heterocycles. The van der Waals surface area contributed by atoms with E-state index in [4.69, 9.17) is 28.9 Å². The molecule has 4 atom stereocenters. The van der Waals surface area contributed by atoms with Gasteiger partial charge >= 0.3 is 12.2 Å². The van der Waals surface area contributed by atoms with Crippen LogP contribution in [0, 0.1) is 11.8 Å². The normalized spacial score (nSPS) is 19.6. The summed E-state index contributed by atoms with van der Waals surface area (Å²) in [6.07, 6.45) is 6.98. The Morgan fingerprint density at radius 2 is 1.35 bits per heavy atom. The number of ether oxygens (including phenoxy) is 4. The van der Waals surface area contributed by atoms with E-state index in [9.17, 15) is 19.2 Å². The first-order valence-electron chi connectivity index (χ1n) is 21.9. The second-order valence-electron chi connectivity index (χ2n) is 17.2. The van der Waals surface area contributed by atoms with Crippen molar-refractivity contribution in [3.63, 3.8) is 0 Å². The molecule has 16 nitrogen and oxygen atoms in total. The van der Waals surface area contributed by atoms with Gasteiger partial charge in [0.1, 0.15) is 36.1 Å². The lowest BCUT2D eigenvalue weighted by atomic mass is 9.90. The van der Waals surface area contributed by atoms with Gasteiger partial charge < -0.3 is 49.3 Å². The minimum absolute atomic E-state index is 0.0360. The predicted molar refractivity (Wildman–Crippen MR) is 233 cm³/mol. The zero-order valence-electron chi connectivity index (χ0n) is 36.1. The van der Waals surface area contributed by atoms with Gasteiger partial charge in [0, 0.05) is 42.8 Å². The maximum absolute atomic E-state index is 14.1. The number of aromatic amines is 2. The maximum Gasteiger partial charge on any atom is 0.407 e. The number of hydrogen-bond donors (Lipinski definition) is 4. The molecule has 4 amide bonds. The average Bonchev–Trinajstić information content (AvgIpc) is 4.16. The van der Waals surface area contributed by atoms with E-state index in [1.807, 2.05) is 36.0 Å².